The molecule has 0 N–H and O–H groups in total. The number of benzene rings is 2. The molecule has 2 aromatic rings. The summed E-state index contributed by atoms with van der Waals surface area (Å²) in [6.07, 6.45) is 0. The highest BCUT2D eigenvalue weighted by Gasteiger charge is 2.26. The van der Waals surface area contributed by atoms with E-state index in [1.807, 2.05) is 13.0 Å². The Morgan fingerprint density at radius 2 is 1.47 bits per heavy atom. The summed E-state index contributed by atoms with van der Waals surface area (Å²) in [5, 5.41) is 0. The molecular formula is C17H16OS. The van der Waals surface area contributed by atoms with Gasteiger partial charge in [0.1, 0.15) is 0 Å². The third kappa shape index (κ3) is 1.96. The Labute approximate surface area is 116 Å². The minimum Gasteiger partial charge on any atom is -0.249 e. The van der Waals surface area contributed by atoms with Crippen LogP contribution < -0.4 is 0 Å². The number of rotatable bonds is 1. The average molecular weight is 268 g/mol. The fourth-order valence-corrected chi connectivity index (χ4v) is 4.16. The van der Waals surface area contributed by atoms with Gasteiger partial charge in [-0.05, 0) is 49.1 Å². The molecule has 1 nitrogen and oxygen atoms in total. The lowest BCUT2D eigenvalue weighted by Gasteiger charge is -2.04. The van der Waals surface area contributed by atoms with Gasteiger partial charge in [-0.15, -0.1) is 0 Å². The quantitative estimate of drug-likeness (QED) is 0.753. The zero-order valence-corrected chi connectivity index (χ0v) is 12.2. The molecule has 1 aliphatic heterocycles. The van der Waals surface area contributed by atoms with Crippen molar-refractivity contribution >= 4 is 21.3 Å². The summed E-state index contributed by atoms with van der Waals surface area (Å²) >= 11 is 0. The van der Waals surface area contributed by atoms with E-state index in [2.05, 4.69) is 50.2 Å². The molecule has 1 atom stereocenters. The van der Waals surface area contributed by atoms with E-state index in [9.17, 15) is 4.21 Å². The topological polar surface area (TPSA) is 17.1 Å². The first-order valence-electron chi connectivity index (χ1n) is 6.38. The smallest absolute Gasteiger partial charge is 0.0864 e. The van der Waals surface area contributed by atoms with Gasteiger partial charge in [-0.1, -0.05) is 42.0 Å². The van der Waals surface area contributed by atoms with Crippen LogP contribution >= 0.6 is 0 Å². The van der Waals surface area contributed by atoms with Gasteiger partial charge in [-0.3, -0.25) is 0 Å². The van der Waals surface area contributed by atoms with Crippen molar-refractivity contribution in [3.8, 4) is 0 Å². The maximum absolute atomic E-state index is 12.7. The Morgan fingerprint density at radius 1 is 0.842 bits per heavy atom. The van der Waals surface area contributed by atoms with Crippen LogP contribution in [0.2, 0.25) is 0 Å². The lowest BCUT2D eigenvalue weighted by Crippen LogP contribution is -1.92. The summed E-state index contributed by atoms with van der Waals surface area (Å²) in [6, 6.07) is 14.5. The van der Waals surface area contributed by atoms with Gasteiger partial charge >= 0.3 is 0 Å². The van der Waals surface area contributed by atoms with Gasteiger partial charge in [0, 0.05) is 0 Å². The molecule has 0 amide bonds. The fourth-order valence-electron chi connectivity index (χ4n) is 2.49. The van der Waals surface area contributed by atoms with Gasteiger partial charge < -0.3 is 0 Å². The van der Waals surface area contributed by atoms with E-state index in [1.165, 1.54) is 5.56 Å². The third-order valence-electron chi connectivity index (χ3n) is 3.58. The molecule has 0 spiro atoms. The number of hydrogen-bond acceptors (Lipinski definition) is 1. The van der Waals surface area contributed by atoms with Crippen LogP contribution in [-0.2, 0) is 10.8 Å². The van der Waals surface area contributed by atoms with Crippen molar-refractivity contribution in [2.45, 2.75) is 25.7 Å². The molecule has 0 radical (unpaired) electrons. The van der Waals surface area contributed by atoms with E-state index in [1.54, 1.807) is 0 Å². The van der Waals surface area contributed by atoms with Crippen LogP contribution in [-0.4, -0.2) is 4.21 Å². The van der Waals surface area contributed by atoms with Crippen molar-refractivity contribution in [1.82, 2.24) is 0 Å². The SMILES string of the molecule is CC1=C(c2ccc(C)cc2)S(=O)c2cc(C)ccc21. The van der Waals surface area contributed by atoms with Crippen molar-refractivity contribution in [3.05, 3.63) is 64.7 Å². The van der Waals surface area contributed by atoms with Crippen LogP contribution in [0.15, 0.2) is 47.4 Å². The number of hydrogen-bond donors (Lipinski definition) is 0. The van der Waals surface area contributed by atoms with E-state index in [0.29, 0.717) is 0 Å². The molecule has 0 bridgehead atoms. The van der Waals surface area contributed by atoms with E-state index < -0.39 is 10.8 Å². The fraction of sp³-hybridized carbons (Fsp3) is 0.176. The maximum atomic E-state index is 12.7. The molecule has 0 saturated carbocycles. The molecule has 3 rings (SSSR count). The second-order valence-electron chi connectivity index (χ2n) is 5.09. The zero-order valence-electron chi connectivity index (χ0n) is 11.4. The first kappa shape index (κ1) is 12.4. The summed E-state index contributed by atoms with van der Waals surface area (Å²) in [6.45, 7) is 6.17. The van der Waals surface area contributed by atoms with Gasteiger partial charge in [0.15, 0.2) is 0 Å². The van der Waals surface area contributed by atoms with E-state index >= 15 is 0 Å². The van der Waals surface area contributed by atoms with Crippen LogP contribution in [0.1, 0.15) is 29.2 Å². The molecule has 2 aromatic carbocycles. The molecule has 1 unspecified atom stereocenters. The lowest BCUT2D eigenvalue weighted by molar-refractivity contribution is 0.689. The summed E-state index contributed by atoms with van der Waals surface area (Å²) < 4.78 is 12.7. The van der Waals surface area contributed by atoms with Crippen LogP contribution in [0, 0.1) is 13.8 Å². The van der Waals surface area contributed by atoms with E-state index in [4.69, 9.17) is 0 Å². The Hall–Kier alpha value is -1.67. The Bertz CT molecular complexity index is 709. The lowest BCUT2D eigenvalue weighted by atomic mass is 10.0. The Morgan fingerprint density at radius 3 is 2.16 bits per heavy atom. The molecule has 19 heavy (non-hydrogen) atoms. The number of allylic oxidation sites excluding steroid dienone is 1. The highest BCUT2D eigenvalue weighted by Crippen LogP contribution is 2.41. The summed E-state index contributed by atoms with van der Waals surface area (Å²) in [5.41, 5.74) is 5.70. The minimum absolute atomic E-state index is 0.952. The van der Waals surface area contributed by atoms with Gasteiger partial charge in [0.2, 0.25) is 0 Å². The highest BCUT2D eigenvalue weighted by molar-refractivity contribution is 7.95. The Kier molecular flexibility index (Phi) is 2.90. The van der Waals surface area contributed by atoms with Crippen LogP contribution in [0.25, 0.3) is 10.5 Å². The van der Waals surface area contributed by atoms with Crippen molar-refractivity contribution in [2.75, 3.05) is 0 Å². The molecule has 1 aliphatic rings. The molecule has 0 saturated heterocycles. The second-order valence-corrected chi connectivity index (χ2v) is 6.47. The van der Waals surface area contributed by atoms with Crippen molar-refractivity contribution < 1.29 is 4.21 Å². The Balaban J connectivity index is 2.17. The molecule has 96 valence electrons. The molecular weight excluding hydrogens is 252 g/mol. The monoisotopic (exact) mass is 268 g/mol. The molecule has 0 aliphatic carbocycles. The average Bonchev–Trinajstić information content (AvgIpc) is 2.63. The first-order valence-corrected chi connectivity index (χ1v) is 7.53. The second kappa shape index (κ2) is 4.46. The summed E-state index contributed by atoms with van der Waals surface area (Å²) in [4.78, 5) is 1.91. The summed E-state index contributed by atoms with van der Waals surface area (Å²) in [7, 11) is -1.05. The van der Waals surface area contributed by atoms with E-state index in [0.717, 1.165) is 32.1 Å². The normalized spacial score (nSPS) is 17.7. The standard InChI is InChI=1S/C17H16OS/c1-11-4-7-14(8-5-11)17-13(3)15-9-6-12(2)10-16(15)19(17)18/h4-10H,1-3H3. The predicted molar refractivity (Wildman–Crippen MR) is 81.3 cm³/mol. The van der Waals surface area contributed by atoms with Crippen molar-refractivity contribution in [2.24, 2.45) is 0 Å². The van der Waals surface area contributed by atoms with Gasteiger partial charge in [-0.2, -0.15) is 0 Å². The molecule has 0 fully saturated rings. The van der Waals surface area contributed by atoms with Crippen LogP contribution in [0.5, 0.6) is 0 Å². The van der Waals surface area contributed by atoms with Gasteiger partial charge in [0.25, 0.3) is 0 Å². The van der Waals surface area contributed by atoms with Gasteiger partial charge in [-0.25, -0.2) is 4.21 Å². The van der Waals surface area contributed by atoms with Gasteiger partial charge in [0.05, 0.1) is 20.6 Å². The maximum Gasteiger partial charge on any atom is 0.0864 e. The molecule has 1 heterocycles. The third-order valence-corrected chi connectivity index (χ3v) is 5.23. The van der Waals surface area contributed by atoms with Crippen molar-refractivity contribution in [3.63, 3.8) is 0 Å². The van der Waals surface area contributed by atoms with E-state index in [-0.39, 0.29) is 0 Å². The van der Waals surface area contributed by atoms with Crippen LogP contribution in [0.3, 0.4) is 0 Å². The number of aryl methyl sites for hydroxylation is 2. The molecule has 2 heteroatoms. The summed E-state index contributed by atoms with van der Waals surface area (Å²) in [5.74, 6) is 0. The first-order chi connectivity index (χ1) is 9.08. The van der Waals surface area contributed by atoms with Crippen LogP contribution in [0.4, 0.5) is 0 Å². The zero-order chi connectivity index (χ0) is 13.6. The largest absolute Gasteiger partial charge is 0.249 e. The minimum atomic E-state index is -1.05. The molecule has 0 aromatic heterocycles. The highest BCUT2D eigenvalue weighted by atomic mass is 32.2. The number of fused-ring (bicyclic) bond motifs is 1. The van der Waals surface area contributed by atoms with Crippen molar-refractivity contribution in [1.29, 1.82) is 0 Å². The predicted octanol–water partition coefficient (Wildman–Crippen LogP) is 4.31.